The summed E-state index contributed by atoms with van der Waals surface area (Å²) < 4.78 is 10.4. The Labute approximate surface area is 90.4 Å². The fourth-order valence-electron chi connectivity index (χ4n) is 1.49. The van der Waals surface area contributed by atoms with Crippen molar-refractivity contribution in [3.8, 4) is 0 Å². The van der Waals surface area contributed by atoms with Gasteiger partial charge in [0.05, 0.1) is 25.9 Å². The van der Waals surface area contributed by atoms with E-state index in [-0.39, 0.29) is 6.10 Å². The van der Waals surface area contributed by atoms with Crippen LogP contribution in [0.1, 0.15) is 6.92 Å². The van der Waals surface area contributed by atoms with Crippen LogP contribution in [0.25, 0.3) is 0 Å². The molecule has 15 heavy (non-hydrogen) atoms. The average molecular weight is 216 g/mol. The van der Waals surface area contributed by atoms with Crippen LogP contribution in [0.2, 0.25) is 0 Å². The molecular weight excluding hydrogens is 196 g/mol. The zero-order valence-corrected chi connectivity index (χ0v) is 9.40. The van der Waals surface area contributed by atoms with Gasteiger partial charge in [0.25, 0.3) is 0 Å². The normalized spacial score (nSPS) is 23.0. The average Bonchev–Trinajstić information content (AvgIpc) is 2.24. The molecule has 88 valence electrons. The molecule has 3 N–H and O–H groups in total. The second-order valence-electron chi connectivity index (χ2n) is 3.47. The number of nitrogens with one attached hydrogen (secondary N) is 1. The third-order valence-electron chi connectivity index (χ3n) is 2.23. The summed E-state index contributed by atoms with van der Waals surface area (Å²) in [5, 5.41) is 0. The van der Waals surface area contributed by atoms with Crippen molar-refractivity contribution < 1.29 is 9.47 Å². The summed E-state index contributed by atoms with van der Waals surface area (Å²) in [6.07, 6.45) is 0.222. The standard InChI is InChI=1S/C9H20N4O2/c1-8-7-13(4-6-15-8)9(12-10)11-3-5-14-2/h8H,3-7,10H2,1-2H3,(H,11,12). The number of aliphatic imine (C=N–C) groups is 1. The first-order chi connectivity index (χ1) is 7.27. The maximum atomic E-state index is 5.44. The van der Waals surface area contributed by atoms with Crippen LogP contribution in [-0.2, 0) is 9.47 Å². The second-order valence-corrected chi connectivity index (χ2v) is 3.47. The van der Waals surface area contributed by atoms with Crippen LogP contribution < -0.4 is 11.3 Å². The molecule has 0 saturated carbocycles. The van der Waals surface area contributed by atoms with E-state index >= 15 is 0 Å². The number of ether oxygens (including phenoxy) is 2. The molecular formula is C9H20N4O2. The molecule has 1 rings (SSSR count). The number of morpholine rings is 1. The number of guanidine groups is 1. The zero-order valence-electron chi connectivity index (χ0n) is 9.40. The van der Waals surface area contributed by atoms with Crippen LogP contribution in [0, 0.1) is 0 Å². The van der Waals surface area contributed by atoms with Crippen LogP contribution >= 0.6 is 0 Å². The molecule has 6 nitrogen and oxygen atoms in total. The van der Waals surface area contributed by atoms with E-state index < -0.39 is 0 Å². The summed E-state index contributed by atoms with van der Waals surface area (Å²) >= 11 is 0. The highest BCUT2D eigenvalue weighted by Crippen LogP contribution is 2.03. The number of nitrogens with two attached hydrogens (primary N) is 1. The van der Waals surface area contributed by atoms with E-state index in [0.717, 1.165) is 13.1 Å². The second kappa shape index (κ2) is 6.60. The Morgan fingerprint density at radius 1 is 1.73 bits per heavy atom. The van der Waals surface area contributed by atoms with E-state index in [1.807, 2.05) is 6.92 Å². The molecule has 0 amide bonds. The minimum absolute atomic E-state index is 0.222. The summed E-state index contributed by atoms with van der Waals surface area (Å²) in [5.41, 5.74) is 2.62. The fraction of sp³-hybridized carbons (Fsp3) is 0.889. The van der Waals surface area contributed by atoms with Crippen molar-refractivity contribution in [1.29, 1.82) is 0 Å². The minimum Gasteiger partial charge on any atom is -0.383 e. The molecule has 0 aliphatic carbocycles. The van der Waals surface area contributed by atoms with Crippen LogP contribution in [-0.4, -0.2) is 56.9 Å². The summed E-state index contributed by atoms with van der Waals surface area (Å²) in [7, 11) is 1.65. The van der Waals surface area contributed by atoms with Gasteiger partial charge in [0.1, 0.15) is 0 Å². The predicted molar refractivity (Wildman–Crippen MR) is 58.5 cm³/mol. The third kappa shape index (κ3) is 4.03. The lowest BCUT2D eigenvalue weighted by Crippen LogP contribution is -2.51. The third-order valence-corrected chi connectivity index (χ3v) is 2.23. The topological polar surface area (TPSA) is 72.1 Å². The van der Waals surface area contributed by atoms with Crippen molar-refractivity contribution in [1.82, 2.24) is 10.3 Å². The highest BCUT2D eigenvalue weighted by atomic mass is 16.5. The first-order valence-electron chi connectivity index (χ1n) is 5.14. The summed E-state index contributed by atoms with van der Waals surface area (Å²) in [4.78, 5) is 6.40. The molecule has 0 aromatic heterocycles. The van der Waals surface area contributed by atoms with E-state index in [1.54, 1.807) is 7.11 Å². The molecule has 1 aliphatic rings. The number of nitrogens with zero attached hydrogens (tertiary/aromatic N) is 2. The van der Waals surface area contributed by atoms with Crippen molar-refractivity contribution in [2.45, 2.75) is 13.0 Å². The Balaban J connectivity index is 2.45. The Bertz CT molecular complexity index is 210. The van der Waals surface area contributed by atoms with Gasteiger partial charge in [-0.1, -0.05) is 0 Å². The Hall–Kier alpha value is -0.850. The molecule has 1 aliphatic heterocycles. The van der Waals surface area contributed by atoms with Crippen molar-refractivity contribution in [2.24, 2.45) is 10.8 Å². The molecule has 1 atom stereocenters. The molecule has 1 fully saturated rings. The van der Waals surface area contributed by atoms with Crippen LogP contribution in [0.3, 0.4) is 0 Å². The van der Waals surface area contributed by atoms with Gasteiger partial charge in [-0.15, -0.1) is 0 Å². The number of hydrogen-bond acceptors (Lipinski definition) is 4. The van der Waals surface area contributed by atoms with Gasteiger partial charge in [-0.3, -0.25) is 5.43 Å². The molecule has 0 radical (unpaired) electrons. The summed E-state index contributed by atoms with van der Waals surface area (Å²) in [5.74, 6) is 6.14. The van der Waals surface area contributed by atoms with Crippen LogP contribution in [0.5, 0.6) is 0 Å². The molecule has 6 heteroatoms. The highest BCUT2D eigenvalue weighted by Gasteiger charge is 2.18. The number of rotatable bonds is 3. The zero-order chi connectivity index (χ0) is 11.1. The first-order valence-corrected chi connectivity index (χ1v) is 5.14. The van der Waals surface area contributed by atoms with Crippen molar-refractivity contribution >= 4 is 5.96 Å². The maximum absolute atomic E-state index is 5.44. The number of hydrogen-bond donors (Lipinski definition) is 2. The first kappa shape index (κ1) is 12.2. The summed E-state index contributed by atoms with van der Waals surface area (Å²) in [6, 6.07) is 0. The molecule has 1 unspecified atom stereocenters. The molecule has 1 saturated heterocycles. The van der Waals surface area contributed by atoms with E-state index in [9.17, 15) is 0 Å². The van der Waals surface area contributed by atoms with Crippen molar-refractivity contribution in [3.05, 3.63) is 0 Å². The van der Waals surface area contributed by atoms with Gasteiger partial charge < -0.3 is 14.4 Å². The lowest BCUT2D eigenvalue weighted by Gasteiger charge is -2.32. The van der Waals surface area contributed by atoms with Crippen molar-refractivity contribution in [2.75, 3.05) is 40.0 Å². The predicted octanol–water partition coefficient (Wildman–Crippen LogP) is -0.827. The SMILES string of the molecule is COCCN=C(NN)N1CCOC(C)C1. The quantitative estimate of drug-likeness (QED) is 0.212. The smallest absolute Gasteiger partial charge is 0.208 e. The molecule has 0 aromatic carbocycles. The van der Waals surface area contributed by atoms with Crippen LogP contribution in [0.15, 0.2) is 4.99 Å². The highest BCUT2D eigenvalue weighted by molar-refractivity contribution is 5.79. The van der Waals surface area contributed by atoms with Crippen LogP contribution in [0.4, 0.5) is 0 Å². The maximum Gasteiger partial charge on any atom is 0.208 e. The lowest BCUT2D eigenvalue weighted by molar-refractivity contribution is 0.00454. The minimum atomic E-state index is 0.222. The van der Waals surface area contributed by atoms with Crippen molar-refractivity contribution in [3.63, 3.8) is 0 Å². The molecule has 0 aromatic rings. The van der Waals surface area contributed by atoms with E-state index in [2.05, 4.69) is 15.3 Å². The van der Waals surface area contributed by atoms with Gasteiger partial charge in [-0.05, 0) is 6.92 Å². The Morgan fingerprint density at radius 2 is 2.53 bits per heavy atom. The number of methoxy groups -OCH3 is 1. The van der Waals surface area contributed by atoms with Gasteiger partial charge >= 0.3 is 0 Å². The van der Waals surface area contributed by atoms with Gasteiger partial charge in [0.15, 0.2) is 0 Å². The molecule has 0 bridgehead atoms. The fourth-order valence-corrected chi connectivity index (χ4v) is 1.49. The Morgan fingerprint density at radius 3 is 3.13 bits per heavy atom. The largest absolute Gasteiger partial charge is 0.383 e. The molecule has 0 spiro atoms. The van der Waals surface area contributed by atoms with E-state index in [4.69, 9.17) is 15.3 Å². The van der Waals surface area contributed by atoms with Gasteiger partial charge in [0.2, 0.25) is 5.96 Å². The Kier molecular flexibility index (Phi) is 5.38. The molecule has 1 heterocycles. The van der Waals surface area contributed by atoms with Gasteiger partial charge in [0, 0.05) is 20.2 Å². The van der Waals surface area contributed by atoms with E-state index in [0.29, 0.717) is 25.7 Å². The van der Waals surface area contributed by atoms with E-state index in [1.165, 1.54) is 0 Å². The van der Waals surface area contributed by atoms with Gasteiger partial charge in [-0.25, -0.2) is 10.8 Å². The van der Waals surface area contributed by atoms with Gasteiger partial charge in [-0.2, -0.15) is 0 Å². The number of hydrazine groups is 1. The summed E-state index contributed by atoms with van der Waals surface area (Å²) in [6.45, 7) is 5.60. The monoisotopic (exact) mass is 216 g/mol. The lowest BCUT2D eigenvalue weighted by atomic mass is 10.3.